The molecule has 0 aliphatic rings. The molecule has 0 amide bonds. The number of nitrogens with zero attached hydrogens (tertiary/aromatic N) is 1. The van der Waals surface area contributed by atoms with Crippen LogP contribution in [0.15, 0.2) is 24.3 Å². The maximum atomic E-state index is 12.0. The van der Waals surface area contributed by atoms with Gasteiger partial charge in [0, 0.05) is 11.8 Å². The summed E-state index contributed by atoms with van der Waals surface area (Å²) in [6.07, 6.45) is -1.06. The fourth-order valence-electron chi connectivity index (χ4n) is 0.852. The molecular weight excluding hydrogens is 255 g/mol. The van der Waals surface area contributed by atoms with Crippen LogP contribution in [-0.2, 0) is 0 Å². The summed E-state index contributed by atoms with van der Waals surface area (Å²) < 4.78 is 59.4. The Labute approximate surface area is 132 Å². The van der Waals surface area contributed by atoms with Gasteiger partial charge in [-0.2, -0.15) is 0 Å². The zero-order valence-electron chi connectivity index (χ0n) is 8.38. The topological polar surface area (TPSA) is 12.9 Å². The molecule has 0 bridgehead atoms. The summed E-state index contributed by atoms with van der Waals surface area (Å²) in [6, 6.07) is 2.15. The van der Waals surface area contributed by atoms with Crippen LogP contribution < -0.4 is 51.4 Å². The number of rotatable bonds is 3. The minimum Gasteiger partial charge on any atom is -0.445 e. The van der Waals surface area contributed by atoms with E-state index in [1.807, 2.05) is 0 Å². The van der Waals surface area contributed by atoms with Crippen LogP contribution in [0.5, 0.6) is 0 Å². The Bertz CT molecular complexity index is 348. The van der Waals surface area contributed by atoms with Crippen LogP contribution in [0.25, 0.3) is 6.08 Å². The van der Waals surface area contributed by atoms with Crippen LogP contribution in [0.3, 0.4) is 0 Å². The van der Waals surface area contributed by atoms with Crippen LogP contribution in [-0.4, -0.2) is 12.0 Å². The Balaban J connectivity index is 0.00000225. The summed E-state index contributed by atoms with van der Waals surface area (Å²) in [6.45, 7) is -5.02. The first-order chi connectivity index (χ1) is 6.88. The second-order valence-corrected chi connectivity index (χ2v) is 2.80. The Morgan fingerprint density at radius 3 is 2.19 bits per heavy atom. The van der Waals surface area contributed by atoms with Crippen molar-refractivity contribution in [2.45, 2.75) is 6.43 Å². The number of alkyl halides is 2. The minimum atomic E-state index is -5.02. The van der Waals surface area contributed by atoms with Gasteiger partial charge >= 0.3 is 58.4 Å². The zero-order valence-corrected chi connectivity index (χ0v) is 11.5. The van der Waals surface area contributed by atoms with Crippen LogP contribution in [0.1, 0.15) is 17.7 Å². The second-order valence-electron chi connectivity index (χ2n) is 2.80. The normalized spacial score (nSPS) is 11.9. The quantitative estimate of drug-likeness (QED) is 0.567. The Hall–Kier alpha value is 0.241. The zero-order chi connectivity index (χ0) is 11.5. The summed E-state index contributed by atoms with van der Waals surface area (Å²) >= 11 is 0. The van der Waals surface area contributed by atoms with Crippen molar-refractivity contribution in [2.75, 3.05) is 0 Å². The van der Waals surface area contributed by atoms with Crippen molar-refractivity contribution in [3.63, 3.8) is 0 Å². The van der Waals surface area contributed by atoms with Crippen molar-refractivity contribution in [1.29, 1.82) is 0 Å². The van der Waals surface area contributed by atoms with Gasteiger partial charge in [0.15, 0.2) is 0 Å². The van der Waals surface area contributed by atoms with Gasteiger partial charge in [-0.1, -0.05) is 6.08 Å². The molecule has 1 heterocycles. The molecule has 0 aliphatic heterocycles. The number of pyridine rings is 1. The van der Waals surface area contributed by atoms with Gasteiger partial charge in [-0.15, -0.1) is 5.98 Å². The standard InChI is InChI=1S/C8H6BF5N.K/c10-8(11)6-1-2-7(15-5-6)3-4-9(12,13)14;/h1-5,8H;/q-1;+1/b4-3+;. The van der Waals surface area contributed by atoms with Crippen molar-refractivity contribution >= 4 is 13.1 Å². The molecule has 1 aromatic rings. The van der Waals surface area contributed by atoms with E-state index in [4.69, 9.17) is 0 Å². The van der Waals surface area contributed by atoms with Gasteiger partial charge in [0.05, 0.1) is 5.69 Å². The monoisotopic (exact) mass is 261 g/mol. The molecular formula is C8H6BF5KN. The molecule has 1 aromatic heterocycles. The van der Waals surface area contributed by atoms with Crippen LogP contribution >= 0.6 is 0 Å². The molecule has 82 valence electrons. The molecule has 1 rings (SSSR count). The minimum absolute atomic E-state index is 0. The molecule has 0 N–H and O–H groups in total. The molecule has 16 heavy (non-hydrogen) atoms. The van der Waals surface area contributed by atoms with Gasteiger partial charge in [0.25, 0.3) is 6.43 Å². The average Bonchev–Trinajstić information content (AvgIpc) is 2.14. The molecule has 0 saturated carbocycles. The Kier molecular flexibility index (Phi) is 6.95. The summed E-state index contributed by atoms with van der Waals surface area (Å²) in [7, 11) is 0. The first-order valence-electron chi connectivity index (χ1n) is 4.02. The first kappa shape index (κ1) is 16.2. The third-order valence-corrected chi connectivity index (χ3v) is 1.55. The maximum absolute atomic E-state index is 12.0. The van der Waals surface area contributed by atoms with Crippen molar-refractivity contribution in [2.24, 2.45) is 0 Å². The van der Waals surface area contributed by atoms with E-state index in [1.54, 1.807) is 0 Å². The predicted octanol–water partition coefficient (Wildman–Crippen LogP) is 0.423. The van der Waals surface area contributed by atoms with E-state index in [2.05, 4.69) is 4.98 Å². The van der Waals surface area contributed by atoms with Gasteiger partial charge in [0.2, 0.25) is 0 Å². The number of halogens is 5. The molecule has 0 saturated heterocycles. The first-order valence-corrected chi connectivity index (χ1v) is 4.02. The van der Waals surface area contributed by atoms with Crippen LogP contribution in [0.2, 0.25) is 0 Å². The summed E-state index contributed by atoms with van der Waals surface area (Å²) in [5, 5.41) is 0. The number of hydrogen-bond donors (Lipinski definition) is 0. The molecule has 0 fully saturated rings. The number of aromatic nitrogens is 1. The molecule has 1 nitrogen and oxygen atoms in total. The molecule has 0 unspecified atom stereocenters. The van der Waals surface area contributed by atoms with E-state index >= 15 is 0 Å². The number of hydrogen-bond acceptors (Lipinski definition) is 1. The fourth-order valence-corrected chi connectivity index (χ4v) is 0.852. The molecule has 0 aliphatic carbocycles. The summed E-state index contributed by atoms with van der Waals surface area (Å²) in [4.78, 5) is 3.45. The van der Waals surface area contributed by atoms with Crippen molar-refractivity contribution in [3.8, 4) is 0 Å². The second kappa shape index (κ2) is 6.85. The predicted molar refractivity (Wildman–Crippen MR) is 47.3 cm³/mol. The smallest absolute Gasteiger partial charge is 0.445 e. The third kappa shape index (κ3) is 6.09. The summed E-state index contributed by atoms with van der Waals surface area (Å²) in [5.41, 5.74) is -0.316. The summed E-state index contributed by atoms with van der Waals surface area (Å²) in [5.74, 6) is 0.0599. The van der Waals surface area contributed by atoms with Crippen molar-refractivity contribution < 1.29 is 73.1 Å². The SMILES string of the molecule is FC(F)c1ccc(/C=C/[B-](F)(F)F)nc1.[K+]. The molecule has 0 radical (unpaired) electrons. The maximum Gasteiger partial charge on any atom is 1.00 e. The van der Waals surface area contributed by atoms with Crippen LogP contribution in [0.4, 0.5) is 21.7 Å². The fraction of sp³-hybridized carbons (Fsp3) is 0.125. The van der Waals surface area contributed by atoms with Gasteiger partial charge in [0.1, 0.15) is 0 Å². The van der Waals surface area contributed by atoms with Gasteiger partial charge in [-0.05, 0) is 12.1 Å². The van der Waals surface area contributed by atoms with E-state index in [9.17, 15) is 21.7 Å². The van der Waals surface area contributed by atoms with Gasteiger partial charge in [-0.25, -0.2) is 8.78 Å². The van der Waals surface area contributed by atoms with Crippen molar-refractivity contribution in [3.05, 3.63) is 35.6 Å². The largest absolute Gasteiger partial charge is 1.00 e. The van der Waals surface area contributed by atoms with Gasteiger partial charge in [-0.3, -0.25) is 4.98 Å². The van der Waals surface area contributed by atoms with Gasteiger partial charge < -0.3 is 12.9 Å². The van der Waals surface area contributed by atoms with E-state index in [0.29, 0.717) is 0 Å². The average molecular weight is 261 g/mol. The van der Waals surface area contributed by atoms with E-state index < -0.39 is 13.4 Å². The Morgan fingerprint density at radius 1 is 1.19 bits per heavy atom. The van der Waals surface area contributed by atoms with E-state index in [1.165, 1.54) is 0 Å². The Morgan fingerprint density at radius 2 is 1.81 bits per heavy atom. The molecule has 0 spiro atoms. The molecule has 0 aromatic carbocycles. The van der Waals surface area contributed by atoms with Crippen LogP contribution in [0, 0.1) is 0 Å². The third-order valence-electron chi connectivity index (χ3n) is 1.55. The molecule has 8 heteroatoms. The van der Waals surface area contributed by atoms with Crippen molar-refractivity contribution in [1.82, 2.24) is 4.98 Å². The van der Waals surface area contributed by atoms with E-state index in [-0.39, 0.29) is 68.6 Å². The van der Waals surface area contributed by atoms with E-state index in [0.717, 1.165) is 24.4 Å². The molecule has 0 atom stereocenters.